The summed E-state index contributed by atoms with van der Waals surface area (Å²) >= 11 is 0. The van der Waals surface area contributed by atoms with Crippen LogP contribution in [0.25, 0.3) is 0 Å². The first-order valence-electron chi connectivity index (χ1n) is 6.61. The quantitative estimate of drug-likeness (QED) is 0.551. The fraction of sp³-hybridized carbons (Fsp3) is 0.267. The van der Waals surface area contributed by atoms with E-state index in [0.717, 1.165) is 22.6 Å². The van der Waals surface area contributed by atoms with Gasteiger partial charge in [-0.3, -0.25) is 16.3 Å². The largest absolute Gasteiger partial charge is 0.494 e. The zero-order chi connectivity index (χ0) is 14.4. The Balaban J connectivity index is 2.20. The SMILES string of the molecule is CCOc1cccc(C(Cc2cnccc2N)NN)c1. The van der Waals surface area contributed by atoms with Crippen LogP contribution in [-0.4, -0.2) is 11.6 Å². The molecule has 0 spiro atoms. The summed E-state index contributed by atoms with van der Waals surface area (Å²) in [5.41, 5.74) is 11.5. The van der Waals surface area contributed by atoms with Gasteiger partial charge < -0.3 is 10.5 Å². The smallest absolute Gasteiger partial charge is 0.119 e. The number of nitrogen functional groups attached to an aromatic ring is 1. The number of pyridine rings is 1. The average Bonchev–Trinajstić information content (AvgIpc) is 2.47. The van der Waals surface area contributed by atoms with Crippen molar-refractivity contribution < 1.29 is 4.74 Å². The van der Waals surface area contributed by atoms with Crippen molar-refractivity contribution in [1.29, 1.82) is 0 Å². The van der Waals surface area contributed by atoms with E-state index in [1.165, 1.54) is 0 Å². The van der Waals surface area contributed by atoms with E-state index in [4.69, 9.17) is 16.3 Å². The Bertz CT molecular complexity index is 559. The first-order valence-corrected chi connectivity index (χ1v) is 6.61. The van der Waals surface area contributed by atoms with Gasteiger partial charge in [-0.2, -0.15) is 0 Å². The molecular weight excluding hydrogens is 252 g/mol. The molecule has 106 valence electrons. The number of nitrogens with two attached hydrogens (primary N) is 2. The van der Waals surface area contributed by atoms with Gasteiger partial charge >= 0.3 is 0 Å². The van der Waals surface area contributed by atoms with E-state index in [1.54, 1.807) is 18.5 Å². The number of aromatic nitrogens is 1. The summed E-state index contributed by atoms with van der Waals surface area (Å²) in [5.74, 6) is 6.51. The van der Waals surface area contributed by atoms with Gasteiger partial charge in [-0.1, -0.05) is 12.1 Å². The van der Waals surface area contributed by atoms with Gasteiger partial charge in [0.1, 0.15) is 5.75 Å². The van der Waals surface area contributed by atoms with Crippen LogP contribution in [0, 0.1) is 0 Å². The summed E-state index contributed by atoms with van der Waals surface area (Å²) in [6.45, 7) is 2.60. The summed E-state index contributed by atoms with van der Waals surface area (Å²) in [6.07, 6.45) is 4.12. The van der Waals surface area contributed by atoms with Gasteiger partial charge in [0.25, 0.3) is 0 Å². The van der Waals surface area contributed by atoms with Crippen LogP contribution in [0.3, 0.4) is 0 Å². The maximum Gasteiger partial charge on any atom is 0.119 e. The second kappa shape index (κ2) is 6.88. The molecule has 0 aliphatic heterocycles. The van der Waals surface area contributed by atoms with Crippen LogP contribution in [0.1, 0.15) is 24.1 Å². The first kappa shape index (κ1) is 14.3. The van der Waals surface area contributed by atoms with E-state index in [2.05, 4.69) is 10.4 Å². The number of hydrogen-bond acceptors (Lipinski definition) is 5. The van der Waals surface area contributed by atoms with Crippen molar-refractivity contribution in [3.05, 3.63) is 53.9 Å². The molecular formula is C15H20N4O. The monoisotopic (exact) mass is 272 g/mol. The van der Waals surface area contributed by atoms with E-state index in [1.807, 2.05) is 31.2 Å². The Morgan fingerprint density at radius 2 is 2.20 bits per heavy atom. The molecule has 0 radical (unpaired) electrons. The third-order valence-electron chi connectivity index (χ3n) is 3.14. The number of benzene rings is 1. The standard InChI is InChI=1S/C15H20N4O/c1-2-20-13-5-3-4-11(8-13)15(19-17)9-12-10-18-7-6-14(12)16/h3-8,10,15,19H,2,9,17H2,1H3,(H2,16,18). The van der Waals surface area contributed by atoms with Crippen LogP contribution in [0.5, 0.6) is 5.75 Å². The third kappa shape index (κ3) is 3.46. The predicted octanol–water partition coefficient (Wildman–Crippen LogP) is 1.81. The number of hydrogen-bond donors (Lipinski definition) is 3. The number of nitrogens with one attached hydrogen (secondary N) is 1. The van der Waals surface area contributed by atoms with Crippen LogP contribution in [-0.2, 0) is 6.42 Å². The van der Waals surface area contributed by atoms with E-state index >= 15 is 0 Å². The molecule has 1 aromatic carbocycles. The second-order valence-corrected chi connectivity index (χ2v) is 4.50. The summed E-state index contributed by atoms with van der Waals surface area (Å²) < 4.78 is 5.51. The molecule has 0 saturated heterocycles. The summed E-state index contributed by atoms with van der Waals surface area (Å²) in [7, 11) is 0. The molecule has 1 atom stereocenters. The number of rotatable bonds is 6. The van der Waals surface area contributed by atoms with Crippen molar-refractivity contribution in [3.63, 3.8) is 0 Å². The average molecular weight is 272 g/mol. The molecule has 1 heterocycles. The zero-order valence-corrected chi connectivity index (χ0v) is 11.5. The Hall–Kier alpha value is -2.11. The Morgan fingerprint density at radius 3 is 2.90 bits per heavy atom. The van der Waals surface area contributed by atoms with Crippen LogP contribution >= 0.6 is 0 Å². The topological polar surface area (TPSA) is 86.2 Å². The Labute approximate surface area is 118 Å². The van der Waals surface area contributed by atoms with Gasteiger partial charge in [0.05, 0.1) is 12.6 Å². The van der Waals surface area contributed by atoms with Crippen molar-refractivity contribution in [3.8, 4) is 5.75 Å². The molecule has 2 rings (SSSR count). The van der Waals surface area contributed by atoms with Gasteiger partial charge in [-0.05, 0) is 42.7 Å². The van der Waals surface area contributed by atoms with E-state index in [9.17, 15) is 0 Å². The van der Waals surface area contributed by atoms with Gasteiger partial charge in [0.2, 0.25) is 0 Å². The highest BCUT2D eigenvalue weighted by atomic mass is 16.5. The van der Waals surface area contributed by atoms with Gasteiger partial charge in [0, 0.05) is 18.1 Å². The lowest BCUT2D eigenvalue weighted by Gasteiger charge is -2.18. The molecule has 0 amide bonds. The number of hydrazine groups is 1. The molecule has 2 aromatic rings. The lowest BCUT2D eigenvalue weighted by Crippen LogP contribution is -2.29. The second-order valence-electron chi connectivity index (χ2n) is 4.50. The molecule has 5 nitrogen and oxygen atoms in total. The molecule has 0 bridgehead atoms. The van der Waals surface area contributed by atoms with E-state index in [-0.39, 0.29) is 6.04 Å². The minimum absolute atomic E-state index is 0.0399. The molecule has 20 heavy (non-hydrogen) atoms. The molecule has 1 aromatic heterocycles. The molecule has 0 saturated carbocycles. The first-order chi connectivity index (χ1) is 9.74. The molecule has 0 fully saturated rings. The maximum atomic E-state index is 5.95. The number of anilines is 1. The normalized spacial score (nSPS) is 12.1. The molecule has 5 heteroatoms. The van der Waals surface area contributed by atoms with Crippen molar-refractivity contribution in [2.45, 2.75) is 19.4 Å². The minimum Gasteiger partial charge on any atom is -0.494 e. The highest BCUT2D eigenvalue weighted by Gasteiger charge is 2.13. The van der Waals surface area contributed by atoms with E-state index in [0.29, 0.717) is 13.0 Å². The highest BCUT2D eigenvalue weighted by Crippen LogP contribution is 2.23. The van der Waals surface area contributed by atoms with Crippen molar-refractivity contribution in [1.82, 2.24) is 10.4 Å². The van der Waals surface area contributed by atoms with Crippen LogP contribution in [0.4, 0.5) is 5.69 Å². The van der Waals surface area contributed by atoms with Crippen molar-refractivity contribution in [2.24, 2.45) is 5.84 Å². The zero-order valence-electron chi connectivity index (χ0n) is 11.5. The Morgan fingerprint density at radius 1 is 1.35 bits per heavy atom. The molecule has 0 aliphatic carbocycles. The Kier molecular flexibility index (Phi) is 4.92. The molecule has 1 unspecified atom stereocenters. The van der Waals surface area contributed by atoms with Gasteiger partial charge in [-0.15, -0.1) is 0 Å². The number of nitrogens with zero attached hydrogens (tertiary/aromatic N) is 1. The fourth-order valence-corrected chi connectivity index (χ4v) is 2.09. The van der Waals surface area contributed by atoms with Crippen LogP contribution in [0.15, 0.2) is 42.7 Å². The number of ether oxygens (including phenoxy) is 1. The van der Waals surface area contributed by atoms with Crippen LogP contribution < -0.4 is 21.7 Å². The van der Waals surface area contributed by atoms with E-state index < -0.39 is 0 Å². The predicted molar refractivity (Wildman–Crippen MR) is 80.0 cm³/mol. The lowest BCUT2D eigenvalue weighted by atomic mass is 9.99. The molecule has 5 N–H and O–H groups in total. The van der Waals surface area contributed by atoms with Gasteiger partial charge in [0.15, 0.2) is 0 Å². The summed E-state index contributed by atoms with van der Waals surface area (Å²) in [4.78, 5) is 4.10. The third-order valence-corrected chi connectivity index (χ3v) is 3.14. The lowest BCUT2D eigenvalue weighted by molar-refractivity contribution is 0.339. The van der Waals surface area contributed by atoms with Crippen molar-refractivity contribution >= 4 is 5.69 Å². The maximum absolute atomic E-state index is 5.95. The summed E-state index contributed by atoms with van der Waals surface area (Å²) in [5, 5.41) is 0. The fourth-order valence-electron chi connectivity index (χ4n) is 2.09. The molecule has 0 aliphatic rings. The van der Waals surface area contributed by atoms with Crippen LogP contribution in [0.2, 0.25) is 0 Å². The van der Waals surface area contributed by atoms with Crippen molar-refractivity contribution in [2.75, 3.05) is 12.3 Å². The van der Waals surface area contributed by atoms with Gasteiger partial charge in [-0.25, -0.2) is 0 Å². The summed E-state index contributed by atoms with van der Waals surface area (Å²) in [6, 6.07) is 9.64. The highest BCUT2D eigenvalue weighted by molar-refractivity contribution is 5.45. The minimum atomic E-state index is -0.0399.